The number of carbonyl (C=O) groups is 1. The van der Waals surface area contributed by atoms with Crippen molar-refractivity contribution in [2.75, 3.05) is 10.8 Å². The van der Waals surface area contributed by atoms with E-state index in [1.165, 1.54) is 43.3 Å². The van der Waals surface area contributed by atoms with Crippen LogP contribution in [-0.4, -0.2) is 26.9 Å². The van der Waals surface area contributed by atoms with Crippen LogP contribution in [0.3, 0.4) is 0 Å². The number of sulfonamides is 1. The van der Waals surface area contributed by atoms with E-state index in [0.717, 1.165) is 10.4 Å². The molecule has 0 aliphatic rings. The molecule has 11 heteroatoms. The molecule has 0 fully saturated rings. The zero-order chi connectivity index (χ0) is 25.0. The van der Waals surface area contributed by atoms with Crippen molar-refractivity contribution in [3.05, 3.63) is 92.1 Å². The van der Waals surface area contributed by atoms with E-state index in [1.54, 1.807) is 18.2 Å². The van der Waals surface area contributed by atoms with Gasteiger partial charge in [-0.1, -0.05) is 52.5 Å². The van der Waals surface area contributed by atoms with E-state index in [-0.39, 0.29) is 22.2 Å². The van der Waals surface area contributed by atoms with E-state index in [2.05, 4.69) is 5.32 Å². The molecule has 180 valence electrons. The third kappa shape index (κ3) is 5.96. The lowest BCUT2D eigenvalue weighted by Gasteiger charge is -2.30. The molecule has 0 spiro atoms. The molecule has 5 nitrogen and oxygen atoms in total. The predicted molar refractivity (Wildman–Crippen MR) is 135 cm³/mol. The van der Waals surface area contributed by atoms with Crippen LogP contribution in [0.25, 0.3) is 0 Å². The molecule has 0 aliphatic heterocycles. The summed E-state index contributed by atoms with van der Waals surface area (Å²) in [6, 6.07) is 12.6. The number of benzene rings is 3. The number of nitrogens with zero attached hydrogens (tertiary/aromatic N) is 1. The molecule has 34 heavy (non-hydrogen) atoms. The van der Waals surface area contributed by atoms with Crippen LogP contribution in [0.15, 0.2) is 65.6 Å². The Labute approximate surface area is 217 Å². The van der Waals surface area contributed by atoms with Gasteiger partial charge in [0, 0.05) is 26.6 Å². The Bertz CT molecular complexity index is 1280. The number of halogens is 5. The first kappa shape index (κ1) is 26.6. The number of carbonyl (C=O) groups excluding carboxylic acids is 1. The highest BCUT2D eigenvalue weighted by Crippen LogP contribution is 2.31. The van der Waals surface area contributed by atoms with Crippen LogP contribution in [0, 0.1) is 5.82 Å². The molecular weight excluding hydrogens is 545 g/mol. The smallest absolute Gasteiger partial charge is 0.265 e. The van der Waals surface area contributed by atoms with Gasteiger partial charge in [-0.05, 0) is 73.5 Å². The van der Waals surface area contributed by atoms with Crippen molar-refractivity contribution < 1.29 is 17.6 Å². The second kappa shape index (κ2) is 11.1. The van der Waals surface area contributed by atoms with Crippen LogP contribution in [0.4, 0.5) is 10.1 Å². The third-order valence-corrected chi connectivity index (χ3v) is 8.08. The highest BCUT2D eigenvalue weighted by molar-refractivity contribution is 7.93. The second-order valence-corrected chi connectivity index (χ2v) is 10.8. The van der Waals surface area contributed by atoms with E-state index in [0.29, 0.717) is 27.1 Å². The number of rotatable bonds is 8. The Kier molecular flexibility index (Phi) is 8.71. The first-order valence-corrected chi connectivity index (χ1v) is 12.9. The van der Waals surface area contributed by atoms with Crippen molar-refractivity contribution in [1.82, 2.24) is 5.32 Å². The maximum absolute atomic E-state index is 14.8. The maximum Gasteiger partial charge on any atom is 0.265 e. The molecule has 3 rings (SSSR count). The van der Waals surface area contributed by atoms with Gasteiger partial charge in [-0.15, -0.1) is 0 Å². The molecule has 0 aliphatic carbocycles. The van der Waals surface area contributed by atoms with Gasteiger partial charge in [0.1, 0.15) is 11.9 Å². The topological polar surface area (TPSA) is 66.5 Å². The van der Waals surface area contributed by atoms with Gasteiger partial charge in [0.2, 0.25) is 5.91 Å². The lowest BCUT2D eigenvalue weighted by molar-refractivity contribution is -0.121. The van der Waals surface area contributed by atoms with E-state index in [4.69, 9.17) is 46.4 Å². The maximum atomic E-state index is 14.8. The van der Waals surface area contributed by atoms with Crippen LogP contribution in [-0.2, 0) is 21.2 Å². The monoisotopic (exact) mass is 562 g/mol. The van der Waals surface area contributed by atoms with Gasteiger partial charge in [0.15, 0.2) is 0 Å². The van der Waals surface area contributed by atoms with Crippen LogP contribution in [0.1, 0.15) is 12.5 Å². The largest absolute Gasteiger partial charge is 0.354 e. The summed E-state index contributed by atoms with van der Waals surface area (Å²) in [7, 11) is -4.35. The van der Waals surface area contributed by atoms with Crippen molar-refractivity contribution in [2.45, 2.75) is 24.3 Å². The number of hydrogen-bond donors (Lipinski definition) is 1. The van der Waals surface area contributed by atoms with Gasteiger partial charge in [-0.3, -0.25) is 9.10 Å². The molecule has 0 aromatic heterocycles. The molecule has 3 aromatic carbocycles. The van der Waals surface area contributed by atoms with E-state index < -0.39 is 27.8 Å². The quantitative estimate of drug-likeness (QED) is 0.346. The molecule has 1 N–H and O–H groups in total. The van der Waals surface area contributed by atoms with E-state index in [1.807, 2.05) is 0 Å². The second-order valence-electron chi connectivity index (χ2n) is 7.27. The average Bonchev–Trinajstić information content (AvgIpc) is 2.77. The van der Waals surface area contributed by atoms with E-state index in [9.17, 15) is 17.6 Å². The Morgan fingerprint density at radius 1 is 0.971 bits per heavy atom. The van der Waals surface area contributed by atoms with Crippen LogP contribution in [0.5, 0.6) is 0 Å². The minimum absolute atomic E-state index is 0.0822. The molecule has 3 aromatic rings. The lowest BCUT2D eigenvalue weighted by atomic mass is 10.1. The van der Waals surface area contributed by atoms with Crippen LogP contribution >= 0.6 is 46.4 Å². The van der Waals surface area contributed by atoms with Gasteiger partial charge in [-0.2, -0.15) is 0 Å². The van der Waals surface area contributed by atoms with E-state index >= 15 is 0 Å². The molecule has 0 bridgehead atoms. The normalized spacial score (nSPS) is 12.3. The summed E-state index contributed by atoms with van der Waals surface area (Å²) in [5.74, 6) is -1.54. The SMILES string of the molecule is C[C@H](C(=O)NCCc1c(Cl)cccc1Cl)N(c1ccc(Cl)cc1F)S(=O)(=O)c1ccc(Cl)cc1. The highest BCUT2D eigenvalue weighted by atomic mass is 35.5. The summed E-state index contributed by atoms with van der Waals surface area (Å²) in [6.45, 7) is 1.49. The first-order chi connectivity index (χ1) is 16.0. The molecule has 1 atom stereocenters. The summed E-state index contributed by atoms with van der Waals surface area (Å²) >= 11 is 24.0. The Hall–Kier alpha value is -2.03. The third-order valence-electron chi connectivity index (χ3n) is 4.98. The van der Waals surface area contributed by atoms with Gasteiger partial charge < -0.3 is 5.32 Å². The lowest BCUT2D eigenvalue weighted by Crippen LogP contribution is -2.49. The number of anilines is 1. The molecule has 1 amide bonds. The highest BCUT2D eigenvalue weighted by Gasteiger charge is 2.35. The predicted octanol–water partition coefficient (Wildman–Crippen LogP) is 6.38. The Balaban J connectivity index is 1.90. The molecule has 0 saturated carbocycles. The first-order valence-electron chi connectivity index (χ1n) is 9.98. The summed E-state index contributed by atoms with van der Waals surface area (Å²) in [5, 5.41) is 3.97. The molecule has 0 unspecified atom stereocenters. The molecule has 0 radical (unpaired) electrons. The van der Waals surface area contributed by atoms with Crippen molar-refractivity contribution in [1.29, 1.82) is 0 Å². The molecule has 0 saturated heterocycles. The minimum Gasteiger partial charge on any atom is -0.354 e. The van der Waals surface area contributed by atoms with Crippen LogP contribution < -0.4 is 9.62 Å². The standard InChI is InChI=1S/C23H19Cl4FN2O3S/c1-14(23(31)29-12-11-18-19(26)3-2-4-20(18)27)30(22-10-7-16(25)13-21(22)28)34(32,33)17-8-5-15(24)6-9-17/h2-10,13-14H,11-12H2,1H3,(H,29,31)/t14-/m1/s1. The van der Waals surface area contributed by atoms with Gasteiger partial charge >= 0.3 is 0 Å². The zero-order valence-corrected chi connectivity index (χ0v) is 21.6. The van der Waals surface area contributed by atoms with Gasteiger partial charge in [-0.25, -0.2) is 12.8 Å². The van der Waals surface area contributed by atoms with Crippen molar-refractivity contribution in [3.8, 4) is 0 Å². The van der Waals surface area contributed by atoms with Crippen molar-refractivity contribution >= 4 is 68.0 Å². The summed E-state index contributed by atoms with van der Waals surface area (Å²) in [4.78, 5) is 12.8. The number of amides is 1. The van der Waals surface area contributed by atoms with Crippen molar-refractivity contribution in [3.63, 3.8) is 0 Å². The summed E-state index contributed by atoms with van der Waals surface area (Å²) in [5.41, 5.74) is 0.323. The fourth-order valence-electron chi connectivity index (χ4n) is 3.26. The minimum atomic E-state index is -4.35. The summed E-state index contributed by atoms with van der Waals surface area (Å²) < 4.78 is 42.5. The Morgan fingerprint density at radius 2 is 1.56 bits per heavy atom. The fraction of sp³-hybridized carbons (Fsp3) is 0.174. The average molecular weight is 564 g/mol. The van der Waals surface area contributed by atoms with Gasteiger partial charge in [0.25, 0.3) is 10.0 Å². The fourth-order valence-corrected chi connectivity index (χ4v) is 5.76. The molecule has 0 heterocycles. The van der Waals surface area contributed by atoms with Gasteiger partial charge in [0.05, 0.1) is 10.6 Å². The number of nitrogens with one attached hydrogen (secondary N) is 1. The summed E-state index contributed by atoms with van der Waals surface area (Å²) in [6.07, 6.45) is 0.316. The molecular formula is C23H19Cl4FN2O3S. The Morgan fingerprint density at radius 3 is 2.15 bits per heavy atom. The number of hydrogen-bond acceptors (Lipinski definition) is 3. The van der Waals surface area contributed by atoms with Crippen LogP contribution in [0.2, 0.25) is 20.1 Å². The van der Waals surface area contributed by atoms with Crippen molar-refractivity contribution in [2.24, 2.45) is 0 Å². The zero-order valence-electron chi connectivity index (χ0n) is 17.7.